The molecule has 0 unspecified atom stereocenters. The highest BCUT2D eigenvalue weighted by Crippen LogP contribution is 2.43. The predicted molar refractivity (Wildman–Crippen MR) is 92.8 cm³/mol. The Morgan fingerprint density at radius 3 is 2.17 bits per heavy atom. The van der Waals surface area contributed by atoms with Crippen molar-refractivity contribution < 1.29 is 18.6 Å². The van der Waals surface area contributed by atoms with Crippen LogP contribution in [0.3, 0.4) is 0 Å². The van der Waals surface area contributed by atoms with Gasteiger partial charge in [0.25, 0.3) is 0 Å². The quantitative estimate of drug-likeness (QED) is 0.686. The maximum atomic E-state index is 14.4. The Morgan fingerprint density at radius 2 is 1.54 bits per heavy atom. The fourth-order valence-electron chi connectivity index (χ4n) is 2.99. The summed E-state index contributed by atoms with van der Waals surface area (Å²) in [6, 6.07) is 15.3. The van der Waals surface area contributed by atoms with Crippen LogP contribution in [0, 0.1) is 5.82 Å². The number of ether oxygens (including phenoxy) is 3. The van der Waals surface area contributed by atoms with Crippen LogP contribution in [0.15, 0.2) is 48.5 Å². The van der Waals surface area contributed by atoms with Gasteiger partial charge in [-0.05, 0) is 17.2 Å². The zero-order valence-corrected chi connectivity index (χ0v) is 13.9. The maximum absolute atomic E-state index is 14.4. The van der Waals surface area contributed by atoms with Gasteiger partial charge in [0.2, 0.25) is 0 Å². The third-order valence-electron chi connectivity index (χ3n) is 4.07. The molecule has 0 heterocycles. The van der Waals surface area contributed by atoms with E-state index in [0.717, 1.165) is 16.5 Å². The van der Waals surface area contributed by atoms with Crippen LogP contribution in [0.25, 0.3) is 10.8 Å². The first-order valence-corrected chi connectivity index (χ1v) is 7.63. The second-order valence-corrected chi connectivity index (χ2v) is 5.44. The molecule has 0 fully saturated rings. The van der Waals surface area contributed by atoms with Crippen LogP contribution in [0.4, 0.5) is 4.39 Å². The molecule has 0 aliphatic heterocycles. The Bertz CT molecular complexity index is 860. The molecule has 0 saturated carbocycles. The molecule has 3 aromatic rings. The van der Waals surface area contributed by atoms with Gasteiger partial charge >= 0.3 is 0 Å². The molecule has 3 nitrogen and oxygen atoms in total. The summed E-state index contributed by atoms with van der Waals surface area (Å²) in [4.78, 5) is 0. The van der Waals surface area contributed by atoms with Gasteiger partial charge in [-0.2, -0.15) is 0 Å². The molecule has 0 bridgehead atoms. The van der Waals surface area contributed by atoms with Crippen LogP contribution in [0.1, 0.15) is 11.1 Å². The molecular formula is C20H19FO3. The highest BCUT2D eigenvalue weighted by Gasteiger charge is 2.20. The molecule has 0 spiro atoms. The Morgan fingerprint density at radius 1 is 0.833 bits per heavy atom. The van der Waals surface area contributed by atoms with Crippen LogP contribution >= 0.6 is 0 Å². The molecule has 24 heavy (non-hydrogen) atoms. The molecule has 0 aromatic heterocycles. The molecule has 4 heteroatoms. The van der Waals surface area contributed by atoms with Gasteiger partial charge < -0.3 is 14.2 Å². The Kier molecular flexibility index (Phi) is 4.56. The first-order chi connectivity index (χ1) is 11.7. The fourth-order valence-corrected chi connectivity index (χ4v) is 2.99. The molecule has 0 amide bonds. The van der Waals surface area contributed by atoms with Crippen LogP contribution in [0.5, 0.6) is 17.2 Å². The number of rotatable bonds is 5. The van der Waals surface area contributed by atoms with Crippen molar-refractivity contribution in [3.63, 3.8) is 0 Å². The SMILES string of the molecule is COc1cc(F)c(OC)c2c(OC)c(Cc3ccccc3)ccc12. The molecule has 3 aromatic carbocycles. The summed E-state index contributed by atoms with van der Waals surface area (Å²) < 4.78 is 30.6. The Balaban J connectivity index is 2.26. The van der Waals surface area contributed by atoms with E-state index >= 15 is 0 Å². The molecule has 0 aliphatic rings. The lowest BCUT2D eigenvalue weighted by Crippen LogP contribution is -1.99. The van der Waals surface area contributed by atoms with Gasteiger partial charge in [0.1, 0.15) is 11.5 Å². The van der Waals surface area contributed by atoms with Crippen LogP contribution in [-0.2, 0) is 6.42 Å². The van der Waals surface area contributed by atoms with E-state index in [-0.39, 0.29) is 5.75 Å². The number of hydrogen-bond donors (Lipinski definition) is 0. The van der Waals surface area contributed by atoms with E-state index in [2.05, 4.69) is 0 Å². The molecular weight excluding hydrogens is 307 g/mol. The Hall–Kier alpha value is -2.75. The lowest BCUT2D eigenvalue weighted by Gasteiger charge is -2.17. The summed E-state index contributed by atoms with van der Waals surface area (Å²) >= 11 is 0. The van der Waals surface area contributed by atoms with Crippen LogP contribution < -0.4 is 14.2 Å². The third kappa shape index (κ3) is 2.75. The smallest absolute Gasteiger partial charge is 0.169 e. The summed E-state index contributed by atoms with van der Waals surface area (Å²) in [6.45, 7) is 0. The molecule has 0 atom stereocenters. The van der Waals surface area contributed by atoms with Crippen LogP contribution in [-0.4, -0.2) is 21.3 Å². The normalized spacial score (nSPS) is 10.7. The van der Waals surface area contributed by atoms with Crippen molar-refractivity contribution in [2.75, 3.05) is 21.3 Å². The zero-order valence-electron chi connectivity index (χ0n) is 13.9. The first-order valence-electron chi connectivity index (χ1n) is 7.63. The molecule has 0 aliphatic carbocycles. The molecule has 0 saturated heterocycles. The van der Waals surface area contributed by atoms with Crippen LogP contribution in [0.2, 0.25) is 0 Å². The summed E-state index contributed by atoms with van der Waals surface area (Å²) in [5.41, 5.74) is 2.11. The van der Waals surface area contributed by atoms with Crippen molar-refractivity contribution in [1.29, 1.82) is 0 Å². The second-order valence-electron chi connectivity index (χ2n) is 5.44. The van der Waals surface area contributed by atoms with Gasteiger partial charge in [0, 0.05) is 17.9 Å². The standard InChI is InChI=1S/C20H19FO3/c1-22-17-12-16(21)20(24-3)18-15(17)10-9-14(19(18)23-2)11-13-7-5-4-6-8-13/h4-10,12H,11H2,1-3H3. The van der Waals surface area contributed by atoms with E-state index in [9.17, 15) is 4.39 Å². The summed E-state index contributed by atoms with van der Waals surface area (Å²) in [6.07, 6.45) is 0.682. The van der Waals surface area contributed by atoms with E-state index in [0.29, 0.717) is 23.3 Å². The van der Waals surface area contributed by atoms with Gasteiger partial charge in [-0.25, -0.2) is 4.39 Å². The number of methoxy groups -OCH3 is 3. The number of fused-ring (bicyclic) bond motifs is 1. The highest BCUT2D eigenvalue weighted by molar-refractivity contribution is 5.99. The predicted octanol–water partition coefficient (Wildman–Crippen LogP) is 4.60. The van der Waals surface area contributed by atoms with E-state index in [1.165, 1.54) is 20.3 Å². The van der Waals surface area contributed by atoms with Crippen molar-refractivity contribution in [3.8, 4) is 17.2 Å². The van der Waals surface area contributed by atoms with E-state index in [1.807, 2.05) is 42.5 Å². The summed E-state index contributed by atoms with van der Waals surface area (Å²) in [5, 5.41) is 1.34. The van der Waals surface area contributed by atoms with Crippen molar-refractivity contribution >= 4 is 10.8 Å². The third-order valence-corrected chi connectivity index (χ3v) is 4.07. The number of hydrogen-bond acceptors (Lipinski definition) is 3. The average molecular weight is 326 g/mol. The van der Waals surface area contributed by atoms with Crippen molar-refractivity contribution in [2.45, 2.75) is 6.42 Å². The largest absolute Gasteiger partial charge is 0.496 e. The summed E-state index contributed by atoms with van der Waals surface area (Å²) in [7, 11) is 4.55. The van der Waals surface area contributed by atoms with Crippen molar-refractivity contribution in [1.82, 2.24) is 0 Å². The minimum Gasteiger partial charge on any atom is -0.496 e. The topological polar surface area (TPSA) is 27.7 Å². The monoisotopic (exact) mass is 326 g/mol. The molecule has 3 rings (SSSR count). The molecule has 0 N–H and O–H groups in total. The molecule has 0 radical (unpaired) electrons. The van der Waals surface area contributed by atoms with Gasteiger partial charge in [-0.3, -0.25) is 0 Å². The van der Waals surface area contributed by atoms with E-state index < -0.39 is 5.82 Å². The minimum atomic E-state index is -0.475. The minimum absolute atomic E-state index is 0.164. The van der Waals surface area contributed by atoms with Crippen molar-refractivity contribution in [2.24, 2.45) is 0 Å². The van der Waals surface area contributed by atoms with Crippen molar-refractivity contribution in [3.05, 3.63) is 65.5 Å². The highest BCUT2D eigenvalue weighted by atomic mass is 19.1. The van der Waals surface area contributed by atoms with Gasteiger partial charge in [0.05, 0.1) is 26.7 Å². The average Bonchev–Trinajstić information content (AvgIpc) is 2.61. The summed E-state index contributed by atoms with van der Waals surface area (Å²) in [5.74, 6) is 0.744. The van der Waals surface area contributed by atoms with E-state index in [4.69, 9.17) is 14.2 Å². The molecule has 124 valence electrons. The zero-order chi connectivity index (χ0) is 17.1. The lowest BCUT2D eigenvalue weighted by atomic mass is 9.98. The fraction of sp³-hybridized carbons (Fsp3) is 0.200. The Labute approximate surface area is 140 Å². The maximum Gasteiger partial charge on any atom is 0.169 e. The second kappa shape index (κ2) is 6.79. The van der Waals surface area contributed by atoms with E-state index in [1.54, 1.807) is 7.11 Å². The van der Waals surface area contributed by atoms with Gasteiger partial charge in [0.15, 0.2) is 11.6 Å². The van der Waals surface area contributed by atoms with Gasteiger partial charge in [-0.15, -0.1) is 0 Å². The van der Waals surface area contributed by atoms with Gasteiger partial charge in [-0.1, -0.05) is 36.4 Å². The number of halogens is 1. The first kappa shape index (κ1) is 16.1. The lowest BCUT2D eigenvalue weighted by molar-refractivity contribution is 0.378. The number of benzene rings is 3.